The van der Waals surface area contributed by atoms with Gasteiger partial charge in [0.15, 0.2) is 0 Å². The van der Waals surface area contributed by atoms with E-state index in [0.717, 1.165) is 43.4 Å². The van der Waals surface area contributed by atoms with Gasteiger partial charge in [-0.2, -0.15) is 0 Å². The number of carboxylic acids is 1. The molecule has 1 aliphatic rings. The average molecular weight is 309 g/mol. The molecule has 1 aliphatic heterocycles. The van der Waals surface area contributed by atoms with Gasteiger partial charge in [0.25, 0.3) is 0 Å². The number of anilines is 1. The van der Waals surface area contributed by atoms with Crippen LogP contribution in [-0.2, 0) is 4.79 Å². The zero-order chi connectivity index (χ0) is 15.4. The van der Waals surface area contributed by atoms with E-state index in [9.17, 15) is 4.79 Å². The molecule has 0 aliphatic carbocycles. The third-order valence-electron chi connectivity index (χ3n) is 4.00. The van der Waals surface area contributed by atoms with Crippen molar-refractivity contribution in [3.63, 3.8) is 0 Å². The predicted molar refractivity (Wildman–Crippen MR) is 87.0 cm³/mol. The van der Waals surface area contributed by atoms with Gasteiger partial charge in [-0.3, -0.25) is 4.90 Å². The van der Waals surface area contributed by atoms with Crippen molar-refractivity contribution in [2.45, 2.75) is 19.4 Å². The van der Waals surface area contributed by atoms with E-state index < -0.39 is 5.97 Å². The smallest absolute Gasteiger partial charge is 0.328 e. The molecule has 1 saturated heterocycles. The zero-order valence-electron chi connectivity index (χ0n) is 12.4. The lowest BCUT2D eigenvalue weighted by atomic mass is 10.1. The van der Waals surface area contributed by atoms with Crippen LogP contribution in [0.4, 0.5) is 5.69 Å². The number of nitrogens with zero attached hydrogens (tertiary/aromatic N) is 2. The van der Waals surface area contributed by atoms with E-state index in [2.05, 4.69) is 23.8 Å². The van der Waals surface area contributed by atoms with Crippen molar-refractivity contribution in [3.05, 3.63) is 34.9 Å². The van der Waals surface area contributed by atoms with Crippen molar-refractivity contribution < 1.29 is 9.90 Å². The van der Waals surface area contributed by atoms with Crippen LogP contribution in [0.1, 0.15) is 18.9 Å². The molecule has 114 valence electrons. The van der Waals surface area contributed by atoms with Crippen LogP contribution in [0, 0.1) is 0 Å². The number of piperazine rings is 1. The second-order valence-electron chi connectivity index (χ2n) is 5.37. The number of aliphatic carboxylic acids is 1. The second-order valence-corrected chi connectivity index (χ2v) is 5.77. The van der Waals surface area contributed by atoms with Crippen LogP contribution < -0.4 is 4.90 Å². The lowest BCUT2D eigenvalue weighted by Gasteiger charge is -2.40. The fourth-order valence-electron chi connectivity index (χ4n) is 2.63. The standard InChI is InChI=1S/C16H21ClN2O2/c1-3-13-11-19(9-8-18(13)2)14-6-4-12(15(17)10-14)5-7-16(20)21/h4-7,10,13H,3,8-9,11H2,1-2H3,(H,20,21)/b7-5+. The van der Waals surface area contributed by atoms with E-state index in [0.29, 0.717) is 11.1 Å². The van der Waals surface area contributed by atoms with Crippen molar-refractivity contribution in [3.8, 4) is 0 Å². The molecule has 0 spiro atoms. The van der Waals surface area contributed by atoms with Gasteiger partial charge >= 0.3 is 5.97 Å². The summed E-state index contributed by atoms with van der Waals surface area (Å²) in [5, 5.41) is 9.24. The van der Waals surface area contributed by atoms with Crippen molar-refractivity contribution >= 4 is 29.3 Å². The van der Waals surface area contributed by atoms with E-state index in [1.54, 1.807) is 0 Å². The predicted octanol–water partition coefficient (Wildman–Crippen LogP) is 2.97. The van der Waals surface area contributed by atoms with Gasteiger partial charge in [0.05, 0.1) is 0 Å². The molecule has 0 bridgehead atoms. The van der Waals surface area contributed by atoms with Gasteiger partial charge in [0, 0.05) is 42.5 Å². The molecule has 4 nitrogen and oxygen atoms in total. The van der Waals surface area contributed by atoms with Crippen LogP contribution in [0.5, 0.6) is 0 Å². The van der Waals surface area contributed by atoms with E-state index in [4.69, 9.17) is 16.7 Å². The summed E-state index contributed by atoms with van der Waals surface area (Å²) < 4.78 is 0. The van der Waals surface area contributed by atoms with Gasteiger partial charge in [0.2, 0.25) is 0 Å². The van der Waals surface area contributed by atoms with Crippen LogP contribution in [-0.4, -0.2) is 48.7 Å². The number of hydrogen-bond acceptors (Lipinski definition) is 3. The Bertz CT molecular complexity index is 545. The van der Waals surface area contributed by atoms with Crippen LogP contribution in [0.2, 0.25) is 5.02 Å². The molecule has 1 N–H and O–H groups in total. The number of carbonyl (C=O) groups is 1. The van der Waals surface area contributed by atoms with Crippen molar-refractivity contribution in [1.29, 1.82) is 0 Å². The van der Waals surface area contributed by atoms with Crippen LogP contribution >= 0.6 is 11.6 Å². The molecule has 0 amide bonds. The summed E-state index contributed by atoms with van der Waals surface area (Å²) in [4.78, 5) is 15.3. The third kappa shape index (κ3) is 3.99. The Hall–Kier alpha value is -1.52. The highest BCUT2D eigenvalue weighted by molar-refractivity contribution is 6.32. The minimum absolute atomic E-state index is 0.559. The van der Waals surface area contributed by atoms with Gasteiger partial charge < -0.3 is 10.0 Å². The summed E-state index contributed by atoms with van der Waals surface area (Å²) in [7, 11) is 2.16. The first-order valence-corrected chi connectivity index (χ1v) is 7.54. The van der Waals surface area contributed by atoms with E-state index in [-0.39, 0.29) is 0 Å². The Morgan fingerprint density at radius 2 is 2.24 bits per heavy atom. The fraction of sp³-hybridized carbons (Fsp3) is 0.438. The number of benzene rings is 1. The molecule has 1 atom stereocenters. The Labute approximate surface area is 130 Å². The van der Waals surface area contributed by atoms with Gasteiger partial charge in [-0.25, -0.2) is 4.79 Å². The Balaban J connectivity index is 2.14. The summed E-state index contributed by atoms with van der Waals surface area (Å²) in [6.45, 7) is 5.22. The molecule has 0 saturated carbocycles. The normalized spacial score (nSPS) is 20.1. The molecule has 0 aromatic heterocycles. The monoisotopic (exact) mass is 308 g/mol. The molecule has 1 aromatic rings. The molecule has 0 radical (unpaired) electrons. The van der Waals surface area contributed by atoms with Crippen LogP contribution in [0.3, 0.4) is 0 Å². The highest BCUT2D eigenvalue weighted by atomic mass is 35.5. The maximum Gasteiger partial charge on any atom is 0.328 e. The van der Waals surface area contributed by atoms with Crippen molar-refractivity contribution in [1.82, 2.24) is 4.90 Å². The zero-order valence-corrected chi connectivity index (χ0v) is 13.2. The molecular weight excluding hydrogens is 288 g/mol. The van der Waals surface area contributed by atoms with Gasteiger partial charge in [0.1, 0.15) is 0 Å². The third-order valence-corrected chi connectivity index (χ3v) is 4.33. The first-order valence-electron chi connectivity index (χ1n) is 7.17. The summed E-state index contributed by atoms with van der Waals surface area (Å²) in [6, 6.07) is 6.35. The number of halogens is 1. The van der Waals surface area contributed by atoms with Gasteiger partial charge in [-0.05, 0) is 37.2 Å². The van der Waals surface area contributed by atoms with Crippen LogP contribution in [0.25, 0.3) is 6.08 Å². The molecule has 2 rings (SSSR count). The number of likely N-dealkylation sites (N-methyl/N-ethyl adjacent to an activating group) is 1. The number of hydrogen-bond donors (Lipinski definition) is 1. The number of carboxylic acid groups (broad SMARTS) is 1. The quantitative estimate of drug-likeness (QED) is 0.869. The highest BCUT2D eigenvalue weighted by Gasteiger charge is 2.23. The first-order chi connectivity index (χ1) is 10.0. The molecular formula is C16H21ClN2O2. The summed E-state index contributed by atoms with van der Waals surface area (Å²) in [6.07, 6.45) is 3.75. The Morgan fingerprint density at radius 1 is 1.48 bits per heavy atom. The fourth-order valence-corrected chi connectivity index (χ4v) is 2.87. The Morgan fingerprint density at radius 3 is 2.86 bits per heavy atom. The molecule has 21 heavy (non-hydrogen) atoms. The largest absolute Gasteiger partial charge is 0.478 e. The van der Waals surface area contributed by atoms with Crippen molar-refractivity contribution in [2.24, 2.45) is 0 Å². The molecule has 5 heteroatoms. The molecule has 1 fully saturated rings. The average Bonchev–Trinajstić information content (AvgIpc) is 2.46. The SMILES string of the molecule is CCC1CN(c2ccc(/C=C/C(=O)O)c(Cl)c2)CCN1C. The lowest BCUT2D eigenvalue weighted by Crippen LogP contribution is -2.51. The Kier molecular flexibility index (Phi) is 5.26. The maximum atomic E-state index is 10.6. The van der Waals surface area contributed by atoms with Gasteiger partial charge in [-0.15, -0.1) is 0 Å². The van der Waals surface area contributed by atoms with Crippen LogP contribution in [0.15, 0.2) is 24.3 Å². The highest BCUT2D eigenvalue weighted by Crippen LogP contribution is 2.26. The minimum atomic E-state index is -0.972. The molecule has 1 unspecified atom stereocenters. The van der Waals surface area contributed by atoms with E-state index in [1.807, 2.05) is 18.2 Å². The summed E-state index contributed by atoms with van der Waals surface area (Å²) >= 11 is 6.25. The van der Waals surface area contributed by atoms with E-state index >= 15 is 0 Å². The first kappa shape index (κ1) is 15.9. The topological polar surface area (TPSA) is 43.8 Å². The maximum absolute atomic E-state index is 10.6. The van der Waals surface area contributed by atoms with E-state index in [1.165, 1.54) is 6.08 Å². The second kappa shape index (κ2) is 6.96. The summed E-state index contributed by atoms with van der Waals surface area (Å²) in [5.74, 6) is -0.972. The number of rotatable bonds is 4. The molecule has 1 heterocycles. The minimum Gasteiger partial charge on any atom is -0.478 e. The summed E-state index contributed by atoms with van der Waals surface area (Å²) in [5.41, 5.74) is 1.82. The molecule has 1 aromatic carbocycles. The lowest BCUT2D eigenvalue weighted by molar-refractivity contribution is -0.131. The van der Waals surface area contributed by atoms with Crippen molar-refractivity contribution in [2.75, 3.05) is 31.6 Å². The van der Waals surface area contributed by atoms with Gasteiger partial charge in [-0.1, -0.05) is 24.6 Å².